The van der Waals surface area contributed by atoms with Crippen molar-refractivity contribution in [3.8, 4) is 28.5 Å². The average molecular weight is 335 g/mol. The summed E-state index contributed by atoms with van der Waals surface area (Å²) in [6.07, 6.45) is 0. The molecule has 2 N–H and O–H groups in total. The summed E-state index contributed by atoms with van der Waals surface area (Å²) in [5.74, 6) is 1.58. The van der Waals surface area contributed by atoms with Crippen LogP contribution in [0.15, 0.2) is 36.4 Å². The Kier molecular flexibility index (Phi) is 3.46. The third kappa shape index (κ3) is 2.34. The van der Waals surface area contributed by atoms with Gasteiger partial charge in [0.15, 0.2) is 5.65 Å². The van der Waals surface area contributed by atoms with E-state index >= 15 is 0 Å². The predicted octanol–water partition coefficient (Wildman–Crippen LogP) is 3.81. The lowest BCUT2D eigenvalue weighted by molar-refractivity contribution is 0.398. The predicted molar refractivity (Wildman–Crippen MR) is 96.3 cm³/mol. The summed E-state index contributed by atoms with van der Waals surface area (Å²) < 4.78 is 11.0. The van der Waals surface area contributed by atoms with Crippen LogP contribution in [0.4, 0.5) is 0 Å². The highest BCUT2D eigenvalue weighted by Crippen LogP contribution is 2.41. The van der Waals surface area contributed by atoms with Crippen molar-refractivity contribution in [1.82, 2.24) is 15.2 Å². The molecule has 2 aromatic heterocycles. The molecule has 0 aliphatic carbocycles. The average Bonchev–Trinajstić information content (AvgIpc) is 3.01. The monoisotopic (exact) mass is 335 g/mol. The Bertz CT molecular complexity index is 1080. The first kappa shape index (κ1) is 15.3. The molecule has 0 spiro atoms. The number of phenolic OH excluding ortho intramolecular Hbond substituents is 1. The number of nitrogens with zero attached hydrogens (tertiary/aromatic N) is 2. The van der Waals surface area contributed by atoms with Crippen molar-refractivity contribution >= 4 is 21.8 Å². The second-order valence-corrected chi connectivity index (χ2v) is 5.81. The van der Waals surface area contributed by atoms with E-state index in [0.29, 0.717) is 17.1 Å². The van der Waals surface area contributed by atoms with Crippen molar-refractivity contribution in [2.75, 3.05) is 14.2 Å². The van der Waals surface area contributed by atoms with Crippen LogP contribution in [0.5, 0.6) is 17.2 Å². The fourth-order valence-electron chi connectivity index (χ4n) is 3.12. The minimum absolute atomic E-state index is 0.207. The molecule has 0 radical (unpaired) electrons. The minimum Gasteiger partial charge on any atom is -0.508 e. The zero-order chi connectivity index (χ0) is 17.6. The summed E-state index contributed by atoms with van der Waals surface area (Å²) in [5, 5.41) is 19.7. The largest absolute Gasteiger partial charge is 0.508 e. The van der Waals surface area contributed by atoms with Gasteiger partial charge in [-0.15, -0.1) is 0 Å². The van der Waals surface area contributed by atoms with Gasteiger partial charge in [0, 0.05) is 28.1 Å². The van der Waals surface area contributed by atoms with Gasteiger partial charge >= 0.3 is 0 Å². The van der Waals surface area contributed by atoms with Crippen LogP contribution in [0.3, 0.4) is 0 Å². The molecule has 0 aliphatic heterocycles. The number of aromatic nitrogens is 3. The van der Waals surface area contributed by atoms with Gasteiger partial charge in [0.25, 0.3) is 0 Å². The summed E-state index contributed by atoms with van der Waals surface area (Å²) in [6.45, 7) is 1.96. The smallest absolute Gasteiger partial charge is 0.182 e. The number of benzene rings is 2. The summed E-state index contributed by atoms with van der Waals surface area (Å²) in [7, 11) is 3.25. The Morgan fingerprint density at radius 1 is 1.00 bits per heavy atom. The third-order valence-electron chi connectivity index (χ3n) is 4.32. The van der Waals surface area contributed by atoms with Crippen molar-refractivity contribution in [1.29, 1.82) is 0 Å². The minimum atomic E-state index is 0.207. The first-order chi connectivity index (χ1) is 12.1. The van der Waals surface area contributed by atoms with E-state index in [1.165, 1.54) is 0 Å². The number of phenols is 1. The van der Waals surface area contributed by atoms with Crippen molar-refractivity contribution in [3.63, 3.8) is 0 Å². The number of hydrogen-bond acceptors (Lipinski definition) is 5. The van der Waals surface area contributed by atoms with Crippen molar-refractivity contribution in [3.05, 3.63) is 42.1 Å². The topological polar surface area (TPSA) is 80.3 Å². The molecule has 0 saturated heterocycles. The molecule has 4 aromatic rings. The van der Waals surface area contributed by atoms with E-state index < -0.39 is 0 Å². The first-order valence-corrected chi connectivity index (χ1v) is 7.82. The van der Waals surface area contributed by atoms with Crippen LogP contribution in [0.2, 0.25) is 0 Å². The van der Waals surface area contributed by atoms with E-state index in [0.717, 1.165) is 33.1 Å². The van der Waals surface area contributed by atoms with Crippen molar-refractivity contribution in [2.24, 2.45) is 0 Å². The van der Waals surface area contributed by atoms with Gasteiger partial charge in [-0.2, -0.15) is 5.10 Å². The molecule has 0 bridgehead atoms. The molecule has 0 saturated carbocycles. The highest BCUT2D eigenvalue weighted by Gasteiger charge is 2.19. The maximum absolute atomic E-state index is 9.58. The first-order valence-electron chi connectivity index (χ1n) is 7.82. The van der Waals surface area contributed by atoms with Gasteiger partial charge < -0.3 is 14.6 Å². The van der Waals surface area contributed by atoms with E-state index in [1.54, 1.807) is 26.4 Å². The molecule has 0 aliphatic rings. The number of aromatic amines is 1. The Labute approximate surface area is 144 Å². The number of fused-ring (bicyclic) bond motifs is 3. The van der Waals surface area contributed by atoms with Gasteiger partial charge in [-0.25, -0.2) is 4.98 Å². The Morgan fingerprint density at radius 3 is 2.44 bits per heavy atom. The Hall–Kier alpha value is -3.28. The zero-order valence-corrected chi connectivity index (χ0v) is 14.1. The summed E-state index contributed by atoms with van der Waals surface area (Å²) in [5.41, 5.74) is 3.17. The fraction of sp³-hybridized carbons (Fsp3) is 0.158. The number of H-pyrrole nitrogens is 1. The summed E-state index contributed by atoms with van der Waals surface area (Å²) in [4.78, 5) is 4.74. The number of nitrogens with one attached hydrogen (secondary N) is 1. The van der Waals surface area contributed by atoms with Gasteiger partial charge in [0.1, 0.15) is 17.2 Å². The highest BCUT2D eigenvalue weighted by molar-refractivity contribution is 6.13. The molecule has 0 unspecified atom stereocenters. The molecule has 0 fully saturated rings. The van der Waals surface area contributed by atoms with Crippen LogP contribution in [0.25, 0.3) is 33.1 Å². The molecule has 6 heteroatoms. The SMILES string of the molecule is COc1cc(OC)c2c(-c3ccc(O)cc3)nc3n[nH]c(C)c3c2c1. The second-order valence-electron chi connectivity index (χ2n) is 5.81. The van der Waals surface area contributed by atoms with E-state index in [4.69, 9.17) is 14.5 Å². The van der Waals surface area contributed by atoms with Crippen LogP contribution < -0.4 is 9.47 Å². The van der Waals surface area contributed by atoms with E-state index in [2.05, 4.69) is 10.2 Å². The molecular weight excluding hydrogens is 318 g/mol. The number of rotatable bonds is 3. The van der Waals surface area contributed by atoms with Gasteiger partial charge in [0.2, 0.25) is 0 Å². The quantitative estimate of drug-likeness (QED) is 0.595. The Balaban J connectivity index is 2.19. The van der Waals surface area contributed by atoms with Crippen LogP contribution in [-0.4, -0.2) is 34.5 Å². The van der Waals surface area contributed by atoms with Crippen molar-refractivity contribution < 1.29 is 14.6 Å². The van der Waals surface area contributed by atoms with Crippen LogP contribution in [-0.2, 0) is 0 Å². The molecular formula is C19H17N3O3. The Morgan fingerprint density at radius 2 is 1.76 bits per heavy atom. The molecule has 0 atom stereocenters. The van der Waals surface area contributed by atoms with Crippen LogP contribution >= 0.6 is 0 Å². The van der Waals surface area contributed by atoms with E-state index in [1.807, 2.05) is 31.2 Å². The van der Waals surface area contributed by atoms with Crippen molar-refractivity contribution in [2.45, 2.75) is 6.92 Å². The third-order valence-corrected chi connectivity index (χ3v) is 4.32. The van der Waals surface area contributed by atoms with Gasteiger partial charge in [-0.1, -0.05) is 0 Å². The number of hydrogen-bond donors (Lipinski definition) is 2. The molecule has 2 aromatic carbocycles. The molecule has 25 heavy (non-hydrogen) atoms. The number of aryl methyl sites for hydroxylation is 1. The number of methoxy groups -OCH3 is 2. The standard InChI is InChI=1S/C19H17N3O3/c1-10-16-14-8-13(24-2)9-15(25-3)17(14)18(20-19(16)22-21-10)11-4-6-12(23)7-5-11/h4-9,23H,1-3H3,(H,20,21,22). The van der Waals surface area contributed by atoms with Gasteiger partial charge in [0.05, 0.1) is 25.3 Å². The maximum Gasteiger partial charge on any atom is 0.182 e. The van der Waals surface area contributed by atoms with Gasteiger partial charge in [-0.3, -0.25) is 5.10 Å². The lowest BCUT2D eigenvalue weighted by atomic mass is 9.99. The lowest BCUT2D eigenvalue weighted by Gasteiger charge is -2.13. The molecule has 0 amide bonds. The molecule has 6 nitrogen and oxygen atoms in total. The zero-order valence-electron chi connectivity index (χ0n) is 14.1. The molecule has 4 rings (SSSR count). The highest BCUT2D eigenvalue weighted by atomic mass is 16.5. The normalized spacial score (nSPS) is 11.2. The second kappa shape index (κ2) is 5.66. The molecule has 126 valence electrons. The van der Waals surface area contributed by atoms with E-state index in [-0.39, 0.29) is 5.75 Å². The number of aromatic hydroxyl groups is 1. The maximum atomic E-state index is 9.58. The fourth-order valence-corrected chi connectivity index (χ4v) is 3.12. The van der Waals surface area contributed by atoms with Crippen LogP contribution in [0, 0.1) is 6.92 Å². The van der Waals surface area contributed by atoms with Gasteiger partial charge in [-0.05, 0) is 37.3 Å². The summed E-state index contributed by atoms with van der Waals surface area (Å²) in [6, 6.07) is 10.7. The number of pyridine rings is 1. The van der Waals surface area contributed by atoms with E-state index in [9.17, 15) is 5.11 Å². The lowest BCUT2D eigenvalue weighted by Crippen LogP contribution is -1.94. The van der Waals surface area contributed by atoms with Crippen LogP contribution in [0.1, 0.15) is 5.69 Å². The molecule has 2 heterocycles. The number of ether oxygens (including phenoxy) is 2. The summed E-state index contributed by atoms with van der Waals surface area (Å²) >= 11 is 0.